The molecule has 0 unspecified atom stereocenters. The van der Waals surface area contributed by atoms with Gasteiger partial charge in [-0.1, -0.05) is 19.9 Å². The van der Waals surface area contributed by atoms with Crippen LogP contribution in [-0.4, -0.2) is 7.11 Å². The third-order valence-electron chi connectivity index (χ3n) is 2.01. The largest absolute Gasteiger partial charge is 0.496 e. The van der Waals surface area contributed by atoms with Crippen LogP contribution >= 0.6 is 11.8 Å². The highest BCUT2D eigenvalue weighted by Gasteiger charge is 2.06. The van der Waals surface area contributed by atoms with Crippen LogP contribution in [0.3, 0.4) is 0 Å². The van der Waals surface area contributed by atoms with Gasteiger partial charge < -0.3 is 4.74 Å². The molecule has 0 saturated heterocycles. The topological polar surface area (TPSA) is 33.0 Å². The van der Waals surface area contributed by atoms with Crippen LogP contribution in [0.25, 0.3) is 0 Å². The minimum Gasteiger partial charge on any atom is -0.496 e. The summed E-state index contributed by atoms with van der Waals surface area (Å²) in [6.07, 6.45) is 0. The monoisotopic (exact) mass is 207 g/mol. The van der Waals surface area contributed by atoms with Gasteiger partial charge in [-0.3, -0.25) is 0 Å². The van der Waals surface area contributed by atoms with Gasteiger partial charge in [-0.05, 0) is 35.4 Å². The SMILES string of the molecule is COc1ccc(C(C)C)cc1SC#N. The lowest BCUT2D eigenvalue weighted by molar-refractivity contribution is 0.404. The molecule has 0 atom stereocenters. The summed E-state index contributed by atoms with van der Waals surface area (Å²) >= 11 is 1.14. The second-order valence-electron chi connectivity index (χ2n) is 3.26. The number of hydrogen-bond donors (Lipinski definition) is 0. The maximum atomic E-state index is 8.63. The average molecular weight is 207 g/mol. The molecule has 2 nitrogen and oxygen atoms in total. The molecule has 0 spiro atoms. The summed E-state index contributed by atoms with van der Waals surface area (Å²) in [6.45, 7) is 4.26. The van der Waals surface area contributed by atoms with Gasteiger partial charge in [0.1, 0.15) is 11.2 Å². The van der Waals surface area contributed by atoms with Crippen molar-refractivity contribution in [3.63, 3.8) is 0 Å². The van der Waals surface area contributed by atoms with Crippen molar-refractivity contribution in [2.24, 2.45) is 0 Å². The lowest BCUT2D eigenvalue weighted by Gasteiger charge is -2.09. The van der Waals surface area contributed by atoms with Gasteiger partial charge in [-0.15, -0.1) is 0 Å². The Labute approximate surface area is 88.9 Å². The Balaban J connectivity index is 3.08. The predicted octanol–water partition coefficient (Wildman–Crippen LogP) is 3.39. The van der Waals surface area contributed by atoms with Crippen LogP contribution in [-0.2, 0) is 0 Å². The second kappa shape index (κ2) is 4.92. The van der Waals surface area contributed by atoms with Crippen molar-refractivity contribution >= 4 is 11.8 Å². The summed E-state index contributed by atoms with van der Waals surface area (Å²) < 4.78 is 5.16. The molecule has 0 saturated carbocycles. The fourth-order valence-corrected chi connectivity index (χ4v) is 1.73. The molecular formula is C11H13NOS. The van der Waals surface area contributed by atoms with Gasteiger partial charge in [0.15, 0.2) is 0 Å². The van der Waals surface area contributed by atoms with Crippen molar-refractivity contribution in [1.82, 2.24) is 0 Å². The van der Waals surface area contributed by atoms with Crippen molar-refractivity contribution in [1.29, 1.82) is 5.26 Å². The summed E-state index contributed by atoms with van der Waals surface area (Å²) in [6, 6.07) is 5.96. The van der Waals surface area contributed by atoms with Crippen molar-refractivity contribution in [2.75, 3.05) is 7.11 Å². The molecule has 0 aliphatic carbocycles. The molecule has 0 aliphatic rings. The molecule has 0 heterocycles. The number of nitriles is 1. The maximum absolute atomic E-state index is 8.63. The van der Waals surface area contributed by atoms with Crippen molar-refractivity contribution < 1.29 is 4.74 Å². The molecule has 0 fully saturated rings. The van der Waals surface area contributed by atoms with E-state index in [0.717, 1.165) is 22.4 Å². The van der Waals surface area contributed by atoms with E-state index in [1.807, 2.05) is 18.2 Å². The summed E-state index contributed by atoms with van der Waals surface area (Å²) in [5, 5.41) is 10.7. The highest BCUT2D eigenvalue weighted by Crippen LogP contribution is 2.31. The first kappa shape index (κ1) is 10.9. The van der Waals surface area contributed by atoms with Gasteiger partial charge in [-0.2, -0.15) is 5.26 Å². The fraction of sp³-hybridized carbons (Fsp3) is 0.364. The number of hydrogen-bond acceptors (Lipinski definition) is 3. The van der Waals surface area contributed by atoms with Gasteiger partial charge in [0, 0.05) is 0 Å². The molecule has 0 aliphatic heterocycles. The maximum Gasteiger partial charge on any atom is 0.138 e. The van der Waals surface area contributed by atoms with E-state index in [9.17, 15) is 0 Å². The molecule has 74 valence electrons. The smallest absolute Gasteiger partial charge is 0.138 e. The van der Waals surface area contributed by atoms with Crippen LogP contribution in [0.5, 0.6) is 5.75 Å². The van der Waals surface area contributed by atoms with E-state index in [4.69, 9.17) is 10.00 Å². The van der Waals surface area contributed by atoms with E-state index >= 15 is 0 Å². The number of rotatable bonds is 3. The van der Waals surface area contributed by atoms with Crippen LogP contribution in [0.15, 0.2) is 23.1 Å². The Morgan fingerprint density at radius 2 is 2.14 bits per heavy atom. The highest BCUT2D eigenvalue weighted by atomic mass is 32.2. The molecule has 1 rings (SSSR count). The van der Waals surface area contributed by atoms with E-state index in [1.54, 1.807) is 7.11 Å². The summed E-state index contributed by atoms with van der Waals surface area (Å²) in [5.74, 6) is 1.24. The molecule has 1 aromatic rings. The lowest BCUT2D eigenvalue weighted by atomic mass is 10.0. The number of ether oxygens (including phenoxy) is 1. The Morgan fingerprint density at radius 1 is 1.43 bits per heavy atom. The van der Waals surface area contributed by atoms with Crippen LogP contribution in [0, 0.1) is 10.7 Å². The van der Waals surface area contributed by atoms with Crippen molar-refractivity contribution in [3.8, 4) is 11.2 Å². The standard InChI is InChI=1S/C11H13NOS/c1-8(2)9-4-5-10(13-3)11(6-9)14-7-12/h4-6,8H,1-3H3. The molecule has 14 heavy (non-hydrogen) atoms. The van der Waals surface area contributed by atoms with Crippen LogP contribution in [0.1, 0.15) is 25.3 Å². The zero-order chi connectivity index (χ0) is 10.6. The van der Waals surface area contributed by atoms with E-state index in [1.165, 1.54) is 5.56 Å². The molecule has 0 N–H and O–H groups in total. The second-order valence-corrected chi connectivity index (χ2v) is 4.08. The summed E-state index contributed by atoms with van der Waals surface area (Å²) in [5.41, 5.74) is 1.23. The summed E-state index contributed by atoms with van der Waals surface area (Å²) in [7, 11) is 1.62. The fourth-order valence-electron chi connectivity index (χ4n) is 1.18. The van der Waals surface area contributed by atoms with Crippen LogP contribution < -0.4 is 4.74 Å². The first-order valence-corrected chi connectivity index (χ1v) is 5.24. The number of nitrogens with zero attached hydrogens (tertiary/aromatic N) is 1. The van der Waals surface area contributed by atoms with Gasteiger partial charge in [0.05, 0.1) is 12.0 Å². The molecular weight excluding hydrogens is 194 g/mol. The van der Waals surface area contributed by atoms with Gasteiger partial charge >= 0.3 is 0 Å². The van der Waals surface area contributed by atoms with E-state index in [0.29, 0.717) is 5.92 Å². The Morgan fingerprint density at radius 3 is 2.64 bits per heavy atom. The minimum absolute atomic E-state index is 0.471. The molecule has 3 heteroatoms. The van der Waals surface area contributed by atoms with Crippen LogP contribution in [0.2, 0.25) is 0 Å². The first-order chi connectivity index (χ1) is 6.69. The van der Waals surface area contributed by atoms with Gasteiger partial charge in [0.25, 0.3) is 0 Å². The van der Waals surface area contributed by atoms with E-state index in [-0.39, 0.29) is 0 Å². The Kier molecular flexibility index (Phi) is 3.84. The zero-order valence-electron chi connectivity index (χ0n) is 8.57. The van der Waals surface area contributed by atoms with Crippen molar-refractivity contribution in [2.45, 2.75) is 24.7 Å². The first-order valence-electron chi connectivity index (χ1n) is 4.43. The molecule has 1 aromatic carbocycles. The minimum atomic E-state index is 0.471. The number of benzene rings is 1. The average Bonchev–Trinajstić information content (AvgIpc) is 2.18. The zero-order valence-corrected chi connectivity index (χ0v) is 9.39. The van der Waals surface area contributed by atoms with Gasteiger partial charge in [0.2, 0.25) is 0 Å². The Hall–Kier alpha value is -1.14. The third kappa shape index (κ3) is 2.43. The lowest BCUT2D eigenvalue weighted by Crippen LogP contribution is -1.90. The quantitative estimate of drug-likeness (QED) is 0.562. The number of methoxy groups -OCH3 is 1. The number of thiocyanates is 1. The van der Waals surface area contributed by atoms with E-state index in [2.05, 4.69) is 19.2 Å². The molecule has 0 radical (unpaired) electrons. The van der Waals surface area contributed by atoms with Gasteiger partial charge in [-0.25, -0.2) is 0 Å². The Bertz CT molecular complexity index is 355. The van der Waals surface area contributed by atoms with Crippen LogP contribution in [0.4, 0.5) is 0 Å². The molecule has 0 aromatic heterocycles. The third-order valence-corrected chi connectivity index (χ3v) is 2.64. The van der Waals surface area contributed by atoms with E-state index < -0.39 is 0 Å². The number of thioether (sulfide) groups is 1. The van der Waals surface area contributed by atoms with Crippen molar-refractivity contribution in [3.05, 3.63) is 23.8 Å². The highest BCUT2D eigenvalue weighted by molar-refractivity contribution is 8.03. The predicted molar refractivity (Wildman–Crippen MR) is 58.6 cm³/mol. The normalized spacial score (nSPS) is 9.93. The molecule has 0 bridgehead atoms. The summed E-state index contributed by atoms with van der Waals surface area (Å²) in [4.78, 5) is 0.890. The molecule has 0 amide bonds.